The fourth-order valence-electron chi connectivity index (χ4n) is 2.51. The summed E-state index contributed by atoms with van der Waals surface area (Å²) < 4.78 is 0. The van der Waals surface area contributed by atoms with Gasteiger partial charge in [-0.25, -0.2) is 0 Å². The van der Waals surface area contributed by atoms with Crippen LogP contribution in [0.15, 0.2) is 0 Å². The summed E-state index contributed by atoms with van der Waals surface area (Å²) in [5.74, 6) is 1.29. The molecule has 2 saturated carbocycles. The fraction of sp³-hybridized carbons (Fsp3) is 0.875. The molecule has 2 N–H and O–H groups in total. The summed E-state index contributed by atoms with van der Waals surface area (Å²) in [6, 6.07) is 2.25. The molecule has 0 amide bonds. The minimum atomic E-state index is -0.442. The van der Waals surface area contributed by atoms with Crippen molar-refractivity contribution in [2.24, 2.45) is 17.6 Å². The molecule has 0 aromatic carbocycles. The van der Waals surface area contributed by atoms with Gasteiger partial charge in [-0.1, -0.05) is 0 Å². The third kappa shape index (κ3) is 0.615. The van der Waals surface area contributed by atoms with Gasteiger partial charge in [0, 0.05) is 0 Å². The molecule has 0 saturated heterocycles. The van der Waals surface area contributed by atoms with Gasteiger partial charge in [0.1, 0.15) is 5.54 Å². The number of rotatable bonds is 0. The molecule has 2 fully saturated rings. The Hall–Kier alpha value is -0.550. The van der Waals surface area contributed by atoms with Crippen molar-refractivity contribution in [2.45, 2.75) is 31.2 Å². The highest BCUT2D eigenvalue weighted by molar-refractivity contribution is 5.16. The van der Waals surface area contributed by atoms with E-state index in [1.165, 1.54) is 19.3 Å². The summed E-state index contributed by atoms with van der Waals surface area (Å²) in [6.07, 6.45) is 4.66. The second-order valence-electron chi connectivity index (χ2n) is 3.73. The molecule has 2 heteroatoms. The van der Waals surface area contributed by atoms with Crippen LogP contribution in [0.2, 0.25) is 0 Å². The summed E-state index contributed by atoms with van der Waals surface area (Å²) in [5, 5.41) is 8.77. The molecule has 54 valence electrons. The van der Waals surface area contributed by atoms with Gasteiger partial charge in [-0.2, -0.15) is 5.26 Å². The molecule has 2 aliphatic carbocycles. The summed E-state index contributed by atoms with van der Waals surface area (Å²) in [5.41, 5.74) is 5.44. The van der Waals surface area contributed by atoms with E-state index in [0.29, 0.717) is 5.92 Å². The van der Waals surface area contributed by atoms with E-state index < -0.39 is 5.54 Å². The molecule has 0 aliphatic heterocycles. The highest BCUT2D eigenvalue weighted by atomic mass is 14.8. The van der Waals surface area contributed by atoms with E-state index in [4.69, 9.17) is 11.0 Å². The third-order valence-electron chi connectivity index (χ3n) is 3.10. The van der Waals surface area contributed by atoms with Gasteiger partial charge in [-0.3, -0.25) is 0 Å². The van der Waals surface area contributed by atoms with E-state index in [0.717, 1.165) is 12.3 Å². The molecular weight excluding hydrogens is 124 g/mol. The van der Waals surface area contributed by atoms with Crippen molar-refractivity contribution < 1.29 is 0 Å². The molecule has 0 aromatic rings. The van der Waals surface area contributed by atoms with Gasteiger partial charge in [0.05, 0.1) is 6.07 Å². The summed E-state index contributed by atoms with van der Waals surface area (Å²) in [6.45, 7) is 0. The molecule has 0 spiro atoms. The van der Waals surface area contributed by atoms with Gasteiger partial charge in [-0.15, -0.1) is 0 Å². The largest absolute Gasteiger partial charge is 0.313 e. The van der Waals surface area contributed by atoms with Crippen LogP contribution in [0.5, 0.6) is 0 Å². The molecule has 2 bridgehead atoms. The van der Waals surface area contributed by atoms with Gasteiger partial charge in [-0.05, 0) is 37.5 Å². The number of fused-ring (bicyclic) bond motifs is 2. The zero-order chi connectivity index (χ0) is 7.19. The van der Waals surface area contributed by atoms with Crippen molar-refractivity contribution in [1.29, 1.82) is 5.26 Å². The molecule has 0 aromatic heterocycles. The van der Waals surface area contributed by atoms with Crippen molar-refractivity contribution in [3.8, 4) is 6.07 Å². The number of hydrogen-bond acceptors (Lipinski definition) is 2. The van der Waals surface area contributed by atoms with E-state index in [1.807, 2.05) is 0 Å². The quantitative estimate of drug-likeness (QED) is 0.540. The first kappa shape index (κ1) is 6.18. The molecular formula is C8H12N2. The predicted molar refractivity (Wildman–Crippen MR) is 38.0 cm³/mol. The maximum Gasteiger partial charge on any atom is 0.107 e. The Morgan fingerprint density at radius 3 is 2.60 bits per heavy atom. The van der Waals surface area contributed by atoms with E-state index in [-0.39, 0.29) is 0 Å². The summed E-state index contributed by atoms with van der Waals surface area (Å²) >= 11 is 0. The SMILES string of the molecule is N#C[C@@]1(N)C[C@@H]2CC[C@H]1C2. The first-order chi connectivity index (χ1) is 4.74. The Balaban J connectivity index is 2.24. The highest BCUT2D eigenvalue weighted by Crippen LogP contribution is 2.49. The monoisotopic (exact) mass is 136 g/mol. The van der Waals surface area contributed by atoms with Crippen molar-refractivity contribution >= 4 is 0 Å². The minimum absolute atomic E-state index is 0.442. The Morgan fingerprint density at radius 2 is 2.30 bits per heavy atom. The van der Waals surface area contributed by atoms with Crippen molar-refractivity contribution in [1.82, 2.24) is 0 Å². The summed E-state index contributed by atoms with van der Waals surface area (Å²) in [7, 11) is 0. The van der Waals surface area contributed by atoms with E-state index in [9.17, 15) is 0 Å². The van der Waals surface area contributed by atoms with E-state index in [2.05, 4.69) is 6.07 Å². The van der Waals surface area contributed by atoms with Crippen LogP contribution < -0.4 is 5.73 Å². The maximum atomic E-state index is 8.77. The standard InChI is InChI=1S/C8H12N2/c9-5-8(10)4-6-1-2-7(8)3-6/h6-7H,1-4,10H2/t6-,7+,8+/m1/s1. The van der Waals surface area contributed by atoms with Crippen LogP contribution in [0.1, 0.15) is 25.7 Å². The number of hydrogen-bond donors (Lipinski definition) is 1. The van der Waals surface area contributed by atoms with Gasteiger partial charge < -0.3 is 5.73 Å². The minimum Gasteiger partial charge on any atom is -0.313 e. The normalized spacial score (nSPS) is 51.2. The third-order valence-corrected chi connectivity index (χ3v) is 3.10. The van der Waals surface area contributed by atoms with E-state index in [1.54, 1.807) is 0 Å². The Bertz CT molecular complexity index is 194. The van der Waals surface area contributed by atoms with Crippen LogP contribution >= 0.6 is 0 Å². The van der Waals surface area contributed by atoms with Crippen LogP contribution in [0.25, 0.3) is 0 Å². The van der Waals surface area contributed by atoms with Crippen LogP contribution in [0, 0.1) is 23.2 Å². The molecule has 10 heavy (non-hydrogen) atoms. The van der Waals surface area contributed by atoms with Gasteiger partial charge >= 0.3 is 0 Å². The second-order valence-corrected chi connectivity index (χ2v) is 3.73. The Morgan fingerprint density at radius 1 is 1.50 bits per heavy atom. The smallest absolute Gasteiger partial charge is 0.107 e. The molecule has 2 aliphatic rings. The van der Waals surface area contributed by atoms with Crippen molar-refractivity contribution in [3.05, 3.63) is 0 Å². The van der Waals surface area contributed by atoms with Gasteiger partial charge in [0.15, 0.2) is 0 Å². The first-order valence-corrected chi connectivity index (χ1v) is 3.95. The Kier molecular flexibility index (Phi) is 1.07. The predicted octanol–water partition coefficient (Wildman–Crippen LogP) is 1.03. The first-order valence-electron chi connectivity index (χ1n) is 3.95. The maximum absolute atomic E-state index is 8.77. The molecule has 3 atom stereocenters. The van der Waals surface area contributed by atoms with Gasteiger partial charge in [0.25, 0.3) is 0 Å². The van der Waals surface area contributed by atoms with Crippen LogP contribution in [-0.4, -0.2) is 5.54 Å². The zero-order valence-electron chi connectivity index (χ0n) is 6.01. The van der Waals surface area contributed by atoms with Crippen LogP contribution in [0.3, 0.4) is 0 Å². The zero-order valence-corrected chi connectivity index (χ0v) is 6.01. The lowest BCUT2D eigenvalue weighted by molar-refractivity contribution is 0.342. The highest BCUT2D eigenvalue weighted by Gasteiger charge is 2.48. The lowest BCUT2D eigenvalue weighted by Gasteiger charge is -2.25. The molecule has 0 unspecified atom stereocenters. The van der Waals surface area contributed by atoms with Gasteiger partial charge in [0.2, 0.25) is 0 Å². The van der Waals surface area contributed by atoms with Crippen molar-refractivity contribution in [2.75, 3.05) is 0 Å². The molecule has 0 heterocycles. The van der Waals surface area contributed by atoms with Crippen LogP contribution in [0.4, 0.5) is 0 Å². The van der Waals surface area contributed by atoms with E-state index >= 15 is 0 Å². The lowest BCUT2D eigenvalue weighted by Crippen LogP contribution is -2.43. The average molecular weight is 136 g/mol. The lowest BCUT2D eigenvalue weighted by atomic mass is 9.83. The summed E-state index contributed by atoms with van der Waals surface area (Å²) in [4.78, 5) is 0. The second kappa shape index (κ2) is 1.73. The molecule has 2 nitrogen and oxygen atoms in total. The number of nitriles is 1. The number of nitrogens with zero attached hydrogens (tertiary/aromatic N) is 1. The molecule has 0 radical (unpaired) electrons. The molecule has 2 rings (SSSR count). The van der Waals surface area contributed by atoms with Crippen LogP contribution in [-0.2, 0) is 0 Å². The topological polar surface area (TPSA) is 49.8 Å². The average Bonchev–Trinajstić information content (AvgIpc) is 2.46. The Labute approximate surface area is 61.0 Å². The number of nitrogens with two attached hydrogens (primary N) is 1. The fourth-order valence-corrected chi connectivity index (χ4v) is 2.51. The van der Waals surface area contributed by atoms with Crippen molar-refractivity contribution in [3.63, 3.8) is 0 Å².